The molecule has 0 heterocycles. The Hall–Kier alpha value is -2.04. The van der Waals surface area contributed by atoms with Crippen molar-refractivity contribution < 1.29 is 19.1 Å². The Kier molecular flexibility index (Phi) is 7.29. The summed E-state index contributed by atoms with van der Waals surface area (Å²) >= 11 is 0. The molecule has 1 fully saturated rings. The maximum absolute atomic E-state index is 12.3. The van der Waals surface area contributed by atoms with Crippen molar-refractivity contribution in [3.8, 4) is 11.5 Å². The third kappa shape index (κ3) is 5.48. The first-order valence-corrected chi connectivity index (χ1v) is 9.24. The summed E-state index contributed by atoms with van der Waals surface area (Å²) in [7, 11) is 0. The van der Waals surface area contributed by atoms with Gasteiger partial charge >= 0.3 is 0 Å². The van der Waals surface area contributed by atoms with Crippen LogP contribution in [0.2, 0.25) is 0 Å². The zero-order valence-corrected chi connectivity index (χ0v) is 15.5. The Balaban J connectivity index is 1.85. The number of Topliss-reactive ketones (excluding diaryl/α,β-unsaturated/α-hetero) is 1. The summed E-state index contributed by atoms with van der Waals surface area (Å²) in [6.07, 6.45) is 2.60. The number of ketones is 1. The van der Waals surface area contributed by atoms with Gasteiger partial charge in [0.15, 0.2) is 11.5 Å². The van der Waals surface area contributed by atoms with E-state index in [2.05, 4.69) is 5.32 Å². The van der Waals surface area contributed by atoms with Gasteiger partial charge in [-0.1, -0.05) is 13.0 Å². The molecule has 1 aromatic rings. The fourth-order valence-electron chi connectivity index (χ4n) is 3.20. The van der Waals surface area contributed by atoms with Gasteiger partial charge in [0.2, 0.25) is 5.91 Å². The van der Waals surface area contributed by atoms with Gasteiger partial charge in [0, 0.05) is 24.8 Å². The quantitative estimate of drug-likeness (QED) is 0.784. The monoisotopic (exact) mass is 347 g/mol. The Bertz CT molecular complexity index is 599. The molecular formula is C20H29NO4. The molecule has 1 aliphatic carbocycles. The van der Waals surface area contributed by atoms with Crippen LogP contribution in [0.4, 0.5) is 0 Å². The van der Waals surface area contributed by atoms with Crippen LogP contribution < -0.4 is 14.8 Å². The smallest absolute Gasteiger partial charge is 0.223 e. The highest BCUT2D eigenvalue weighted by Crippen LogP contribution is 2.29. The van der Waals surface area contributed by atoms with Crippen molar-refractivity contribution in [2.45, 2.75) is 46.5 Å². The normalized spacial score (nSPS) is 20.2. The van der Waals surface area contributed by atoms with Crippen LogP contribution >= 0.6 is 0 Å². The molecule has 1 saturated carbocycles. The van der Waals surface area contributed by atoms with Gasteiger partial charge in [-0.25, -0.2) is 0 Å². The summed E-state index contributed by atoms with van der Waals surface area (Å²) in [4.78, 5) is 23.8. The summed E-state index contributed by atoms with van der Waals surface area (Å²) in [5, 5.41) is 3.01. The van der Waals surface area contributed by atoms with Crippen LogP contribution in [-0.2, 0) is 16.0 Å². The van der Waals surface area contributed by atoms with Crippen molar-refractivity contribution in [1.29, 1.82) is 0 Å². The number of carbonyl (C=O) groups excluding carboxylic acids is 2. The Morgan fingerprint density at radius 1 is 1.20 bits per heavy atom. The molecule has 0 radical (unpaired) electrons. The number of rotatable bonds is 8. The zero-order chi connectivity index (χ0) is 18.2. The fourth-order valence-corrected chi connectivity index (χ4v) is 3.20. The topological polar surface area (TPSA) is 64.6 Å². The van der Waals surface area contributed by atoms with Crippen LogP contribution in [0.25, 0.3) is 0 Å². The van der Waals surface area contributed by atoms with E-state index in [1.807, 2.05) is 39.0 Å². The van der Waals surface area contributed by atoms with Crippen LogP contribution in [0.3, 0.4) is 0 Å². The number of amides is 1. The lowest BCUT2D eigenvalue weighted by atomic mass is 9.81. The largest absolute Gasteiger partial charge is 0.490 e. The van der Waals surface area contributed by atoms with Crippen molar-refractivity contribution in [1.82, 2.24) is 5.32 Å². The van der Waals surface area contributed by atoms with Crippen molar-refractivity contribution in [3.05, 3.63) is 23.8 Å². The third-order valence-corrected chi connectivity index (χ3v) is 4.62. The summed E-state index contributed by atoms with van der Waals surface area (Å²) < 4.78 is 11.2. The number of carbonyl (C=O) groups is 2. The van der Waals surface area contributed by atoms with Crippen LogP contribution in [0.15, 0.2) is 18.2 Å². The highest BCUT2D eigenvalue weighted by Gasteiger charge is 2.29. The molecule has 2 rings (SSSR count). The lowest BCUT2D eigenvalue weighted by Gasteiger charge is -2.24. The molecule has 1 aromatic carbocycles. The molecule has 0 spiro atoms. The van der Waals surface area contributed by atoms with E-state index in [1.54, 1.807) is 0 Å². The van der Waals surface area contributed by atoms with Crippen molar-refractivity contribution >= 4 is 11.7 Å². The molecule has 0 unspecified atom stereocenters. The van der Waals surface area contributed by atoms with Crippen molar-refractivity contribution in [3.63, 3.8) is 0 Å². The van der Waals surface area contributed by atoms with Gasteiger partial charge in [-0.3, -0.25) is 9.59 Å². The Labute approximate surface area is 150 Å². The minimum Gasteiger partial charge on any atom is -0.490 e. The van der Waals surface area contributed by atoms with Gasteiger partial charge in [0.05, 0.1) is 13.2 Å². The number of benzene rings is 1. The summed E-state index contributed by atoms with van der Waals surface area (Å²) in [6.45, 7) is 7.56. The average molecular weight is 347 g/mol. The van der Waals surface area contributed by atoms with Gasteiger partial charge in [0.1, 0.15) is 5.78 Å². The zero-order valence-electron chi connectivity index (χ0n) is 15.5. The third-order valence-electron chi connectivity index (χ3n) is 4.62. The fraction of sp³-hybridized carbons (Fsp3) is 0.600. The van der Waals surface area contributed by atoms with Gasteiger partial charge in [-0.15, -0.1) is 0 Å². The molecule has 1 amide bonds. The minimum atomic E-state index is -0.0352. The Morgan fingerprint density at radius 2 is 1.92 bits per heavy atom. The minimum absolute atomic E-state index is 0.00404. The van der Waals surface area contributed by atoms with Crippen LogP contribution in [0.1, 0.15) is 45.6 Å². The van der Waals surface area contributed by atoms with Crippen molar-refractivity contribution in [2.24, 2.45) is 11.8 Å². The summed E-state index contributed by atoms with van der Waals surface area (Å²) in [6, 6.07) is 5.89. The van der Waals surface area contributed by atoms with Crippen molar-refractivity contribution in [2.75, 3.05) is 19.8 Å². The van der Waals surface area contributed by atoms with Gasteiger partial charge in [0.25, 0.3) is 0 Å². The van der Waals surface area contributed by atoms with E-state index in [0.29, 0.717) is 39.0 Å². The lowest BCUT2D eigenvalue weighted by Crippen LogP contribution is -2.36. The molecule has 0 saturated heterocycles. The van der Waals surface area contributed by atoms with E-state index in [9.17, 15) is 9.59 Å². The molecule has 0 bridgehead atoms. The SMILES string of the molecule is CCOc1ccc(CCNC(=O)[C@H]2CCC(=O)[C@H](C)C2)cc1OCC. The molecule has 1 N–H and O–H groups in total. The molecule has 0 aromatic heterocycles. The highest BCUT2D eigenvalue weighted by atomic mass is 16.5. The number of ether oxygens (including phenoxy) is 2. The number of hydrogen-bond acceptors (Lipinski definition) is 4. The molecule has 5 nitrogen and oxygen atoms in total. The van der Waals surface area contributed by atoms with E-state index >= 15 is 0 Å². The summed E-state index contributed by atoms with van der Waals surface area (Å²) in [5.74, 6) is 1.80. The second kappa shape index (κ2) is 9.44. The first-order chi connectivity index (χ1) is 12.0. The number of hydrogen-bond donors (Lipinski definition) is 1. The first kappa shape index (κ1) is 19.3. The van der Waals surface area contributed by atoms with Crippen LogP contribution in [-0.4, -0.2) is 31.4 Å². The van der Waals surface area contributed by atoms with Crippen LogP contribution in [0, 0.1) is 11.8 Å². The highest BCUT2D eigenvalue weighted by molar-refractivity contribution is 5.85. The predicted octanol–water partition coefficient (Wildman–Crippen LogP) is 3.15. The predicted molar refractivity (Wildman–Crippen MR) is 97.0 cm³/mol. The van der Waals surface area contributed by atoms with E-state index in [0.717, 1.165) is 23.5 Å². The molecule has 1 aliphatic rings. The van der Waals surface area contributed by atoms with E-state index < -0.39 is 0 Å². The maximum atomic E-state index is 12.3. The molecule has 25 heavy (non-hydrogen) atoms. The van der Waals surface area contributed by atoms with Gasteiger partial charge < -0.3 is 14.8 Å². The lowest BCUT2D eigenvalue weighted by molar-refractivity contribution is -0.130. The second-order valence-electron chi connectivity index (χ2n) is 6.53. The van der Waals surface area contributed by atoms with E-state index in [4.69, 9.17) is 9.47 Å². The average Bonchev–Trinajstić information content (AvgIpc) is 2.60. The standard InChI is InChI=1S/C20H29NO4/c1-4-24-18-9-6-15(13-19(18)25-5-2)10-11-21-20(23)16-7-8-17(22)14(3)12-16/h6,9,13-14,16H,4-5,7-8,10-12H2,1-3H3,(H,21,23)/t14-,16+/m1/s1. The molecule has 2 atom stereocenters. The summed E-state index contributed by atoms with van der Waals surface area (Å²) in [5.41, 5.74) is 1.10. The molecule has 5 heteroatoms. The molecule has 138 valence electrons. The van der Waals surface area contributed by atoms with E-state index in [1.165, 1.54) is 0 Å². The maximum Gasteiger partial charge on any atom is 0.223 e. The Morgan fingerprint density at radius 3 is 2.60 bits per heavy atom. The van der Waals surface area contributed by atoms with Gasteiger partial charge in [-0.2, -0.15) is 0 Å². The van der Waals surface area contributed by atoms with Crippen LogP contribution in [0.5, 0.6) is 11.5 Å². The van der Waals surface area contributed by atoms with E-state index in [-0.39, 0.29) is 23.5 Å². The first-order valence-electron chi connectivity index (χ1n) is 9.24. The number of nitrogens with one attached hydrogen (secondary N) is 1. The molecule has 0 aliphatic heterocycles. The van der Waals surface area contributed by atoms with Gasteiger partial charge in [-0.05, 0) is 50.8 Å². The second-order valence-corrected chi connectivity index (χ2v) is 6.53. The molecular weight excluding hydrogens is 318 g/mol.